The molecule has 0 atom stereocenters. The third-order valence-electron chi connectivity index (χ3n) is 4.77. The van der Waals surface area contributed by atoms with Gasteiger partial charge in [-0.15, -0.1) is 0 Å². The molecule has 0 amide bonds. The number of rotatable bonds is 6. The average molecular weight is 435 g/mol. The number of nitro groups is 1. The number of fused-ring (bicyclic) bond motifs is 2. The molecule has 31 heavy (non-hydrogen) atoms. The van der Waals surface area contributed by atoms with E-state index < -0.39 is 4.92 Å². The van der Waals surface area contributed by atoms with E-state index in [1.54, 1.807) is 6.20 Å². The van der Waals surface area contributed by atoms with Gasteiger partial charge in [0, 0.05) is 18.8 Å². The number of aromatic nitrogens is 3. The van der Waals surface area contributed by atoms with Crippen molar-refractivity contribution in [2.75, 3.05) is 25.1 Å². The maximum atomic E-state index is 11.3. The lowest BCUT2D eigenvalue weighted by Crippen LogP contribution is -2.15. The van der Waals surface area contributed by atoms with Gasteiger partial charge in [-0.05, 0) is 47.6 Å². The summed E-state index contributed by atoms with van der Waals surface area (Å²) in [6.45, 7) is 1.68. The fraction of sp³-hybridized carbons (Fsp3) is 0.190. The molecule has 1 aromatic carbocycles. The molecule has 0 saturated carbocycles. The highest BCUT2D eigenvalue weighted by Crippen LogP contribution is 2.35. The second-order valence-electron chi connectivity index (χ2n) is 6.83. The van der Waals surface area contributed by atoms with Crippen LogP contribution in [0.4, 0.5) is 10.8 Å². The lowest BCUT2D eigenvalue weighted by molar-refractivity contribution is -0.380. The molecular formula is C21H17N5O4S. The summed E-state index contributed by atoms with van der Waals surface area (Å²) >= 11 is 1.03. The van der Waals surface area contributed by atoms with Crippen molar-refractivity contribution in [2.24, 2.45) is 0 Å². The van der Waals surface area contributed by atoms with E-state index in [9.17, 15) is 10.1 Å². The van der Waals surface area contributed by atoms with E-state index in [2.05, 4.69) is 20.3 Å². The molecule has 3 aromatic heterocycles. The summed E-state index contributed by atoms with van der Waals surface area (Å²) < 4.78 is 11.2. The largest absolute Gasteiger partial charge is 0.486 e. The molecule has 10 heteroatoms. The van der Waals surface area contributed by atoms with Crippen LogP contribution < -0.4 is 14.8 Å². The van der Waals surface area contributed by atoms with Gasteiger partial charge in [-0.25, -0.2) is 9.97 Å². The van der Waals surface area contributed by atoms with Crippen molar-refractivity contribution >= 4 is 32.4 Å². The number of hydrogen-bond donors (Lipinski definition) is 1. The molecular weight excluding hydrogens is 418 g/mol. The number of benzene rings is 1. The first kappa shape index (κ1) is 19.2. The standard InChI is InChI=1S/C21H17N5O4S/c27-26(28)18-12-14-19(24-20(25-21(14)31-18)15-3-1-2-7-22-15)23-8-6-13-4-5-16-17(11-13)30-10-9-29-16/h1-5,7,11-12H,6,8-10H2,(H,23,24,25). The monoisotopic (exact) mass is 435 g/mol. The third-order valence-corrected chi connectivity index (χ3v) is 5.75. The number of hydrogen-bond acceptors (Lipinski definition) is 9. The summed E-state index contributed by atoms with van der Waals surface area (Å²) in [7, 11) is 0. The van der Waals surface area contributed by atoms with Gasteiger partial charge in [-0.1, -0.05) is 12.1 Å². The van der Waals surface area contributed by atoms with Crippen molar-refractivity contribution in [3.8, 4) is 23.0 Å². The highest BCUT2D eigenvalue weighted by molar-refractivity contribution is 7.21. The molecule has 1 N–H and O–H groups in total. The molecule has 4 aromatic rings. The number of anilines is 1. The summed E-state index contributed by atoms with van der Waals surface area (Å²) in [4.78, 5) is 24.8. The lowest BCUT2D eigenvalue weighted by atomic mass is 10.1. The molecule has 0 aliphatic carbocycles. The highest BCUT2D eigenvalue weighted by atomic mass is 32.1. The van der Waals surface area contributed by atoms with Crippen LogP contribution in [0.15, 0.2) is 48.7 Å². The van der Waals surface area contributed by atoms with Crippen molar-refractivity contribution in [3.63, 3.8) is 0 Å². The fourth-order valence-corrected chi connectivity index (χ4v) is 4.16. The molecule has 0 bridgehead atoms. The summed E-state index contributed by atoms with van der Waals surface area (Å²) in [5.74, 6) is 2.48. The minimum absolute atomic E-state index is 0.0253. The highest BCUT2D eigenvalue weighted by Gasteiger charge is 2.18. The zero-order chi connectivity index (χ0) is 21.2. The second kappa shape index (κ2) is 8.15. The predicted molar refractivity (Wildman–Crippen MR) is 117 cm³/mol. The van der Waals surface area contributed by atoms with Crippen LogP contribution in [0.3, 0.4) is 0 Å². The third kappa shape index (κ3) is 3.97. The zero-order valence-corrected chi connectivity index (χ0v) is 17.1. The number of nitrogens with one attached hydrogen (secondary N) is 1. The first-order chi connectivity index (χ1) is 15.2. The predicted octanol–water partition coefficient (Wildman–Crippen LogP) is 4.09. The number of pyridine rings is 1. The van der Waals surface area contributed by atoms with Crippen LogP contribution in [0.2, 0.25) is 0 Å². The van der Waals surface area contributed by atoms with Gasteiger partial charge < -0.3 is 14.8 Å². The Hall–Kier alpha value is -3.79. The van der Waals surface area contributed by atoms with Crippen LogP contribution in [0.5, 0.6) is 11.5 Å². The average Bonchev–Trinajstić information content (AvgIpc) is 3.24. The minimum Gasteiger partial charge on any atom is -0.486 e. The van der Waals surface area contributed by atoms with Gasteiger partial charge in [0.2, 0.25) is 0 Å². The maximum Gasteiger partial charge on any atom is 0.326 e. The van der Waals surface area contributed by atoms with Gasteiger partial charge in [0.15, 0.2) is 17.3 Å². The SMILES string of the molecule is O=[N+]([O-])c1cc2c(NCCc3ccc4c(c3)OCCO4)nc(-c3ccccn3)nc2s1. The quantitative estimate of drug-likeness (QED) is 0.356. The Balaban J connectivity index is 1.42. The van der Waals surface area contributed by atoms with Crippen LogP contribution in [0.25, 0.3) is 21.7 Å². The van der Waals surface area contributed by atoms with Crippen molar-refractivity contribution < 1.29 is 14.4 Å². The van der Waals surface area contributed by atoms with Gasteiger partial charge >= 0.3 is 5.00 Å². The van der Waals surface area contributed by atoms with Gasteiger partial charge in [-0.3, -0.25) is 15.1 Å². The molecule has 0 radical (unpaired) electrons. The topological polar surface area (TPSA) is 112 Å². The van der Waals surface area contributed by atoms with Gasteiger partial charge in [0.25, 0.3) is 0 Å². The Kier molecular flexibility index (Phi) is 5.04. The van der Waals surface area contributed by atoms with Gasteiger partial charge in [0.05, 0.1) is 10.3 Å². The summed E-state index contributed by atoms with van der Waals surface area (Å²) in [6, 6.07) is 12.9. The number of nitrogens with zero attached hydrogens (tertiary/aromatic N) is 4. The smallest absolute Gasteiger partial charge is 0.326 e. The van der Waals surface area contributed by atoms with E-state index in [0.29, 0.717) is 53.7 Å². The first-order valence-corrected chi connectivity index (χ1v) is 10.5. The van der Waals surface area contributed by atoms with E-state index in [-0.39, 0.29) is 5.00 Å². The van der Waals surface area contributed by atoms with Crippen molar-refractivity contribution in [1.82, 2.24) is 15.0 Å². The molecule has 4 heterocycles. The number of ether oxygens (including phenoxy) is 2. The lowest BCUT2D eigenvalue weighted by Gasteiger charge is -2.19. The maximum absolute atomic E-state index is 11.3. The van der Waals surface area contributed by atoms with Crippen LogP contribution in [0.1, 0.15) is 5.56 Å². The Morgan fingerprint density at radius 1 is 1.10 bits per heavy atom. The van der Waals surface area contributed by atoms with E-state index in [0.717, 1.165) is 28.4 Å². The normalized spacial score (nSPS) is 12.6. The summed E-state index contributed by atoms with van der Waals surface area (Å²) in [5, 5.41) is 15.2. The fourth-order valence-electron chi connectivity index (χ4n) is 3.31. The molecule has 0 saturated heterocycles. The molecule has 9 nitrogen and oxygen atoms in total. The van der Waals surface area contributed by atoms with Crippen LogP contribution >= 0.6 is 11.3 Å². The summed E-state index contributed by atoms with van der Waals surface area (Å²) in [5.41, 5.74) is 1.69. The Morgan fingerprint density at radius 2 is 1.97 bits per heavy atom. The van der Waals surface area contributed by atoms with E-state index in [4.69, 9.17) is 9.47 Å². The van der Waals surface area contributed by atoms with Crippen molar-refractivity contribution in [1.29, 1.82) is 0 Å². The summed E-state index contributed by atoms with van der Waals surface area (Å²) in [6.07, 6.45) is 2.38. The minimum atomic E-state index is -0.411. The molecule has 0 unspecified atom stereocenters. The molecule has 1 aliphatic rings. The first-order valence-electron chi connectivity index (χ1n) is 9.67. The van der Waals surface area contributed by atoms with Crippen LogP contribution in [-0.4, -0.2) is 39.6 Å². The molecule has 1 aliphatic heterocycles. The number of thiophene rings is 1. The van der Waals surface area contributed by atoms with Crippen molar-refractivity contribution in [2.45, 2.75) is 6.42 Å². The molecule has 5 rings (SSSR count). The van der Waals surface area contributed by atoms with Gasteiger partial charge in [0.1, 0.15) is 29.6 Å². The Labute approximate surface area is 180 Å². The van der Waals surface area contributed by atoms with Crippen LogP contribution in [0, 0.1) is 10.1 Å². The van der Waals surface area contributed by atoms with Gasteiger partial charge in [-0.2, -0.15) is 0 Å². The van der Waals surface area contributed by atoms with E-state index >= 15 is 0 Å². The van der Waals surface area contributed by atoms with E-state index in [1.807, 2.05) is 36.4 Å². The molecule has 156 valence electrons. The zero-order valence-electron chi connectivity index (χ0n) is 16.3. The van der Waals surface area contributed by atoms with Crippen LogP contribution in [-0.2, 0) is 6.42 Å². The van der Waals surface area contributed by atoms with Crippen molar-refractivity contribution in [3.05, 3.63) is 64.3 Å². The molecule has 0 fully saturated rings. The Morgan fingerprint density at radius 3 is 2.77 bits per heavy atom. The molecule has 0 spiro atoms. The Bertz CT molecular complexity index is 1260. The second-order valence-corrected chi connectivity index (χ2v) is 7.84. The van der Waals surface area contributed by atoms with E-state index in [1.165, 1.54) is 6.07 Å².